The molecule has 2 aromatic carbocycles. The Morgan fingerprint density at radius 3 is 2.62 bits per heavy atom. The van der Waals surface area contributed by atoms with Gasteiger partial charge in [0.2, 0.25) is 11.8 Å². The van der Waals surface area contributed by atoms with Gasteiger partial charge >= 0.3 is 0 Å². The van der Waals surface area contributed by atoms with Gasteiger partial charge in [-0.3, -0.25) is 9.59 Å². The average molecular weight is 434 g/mol. The number of rotatable bonds is 5. The van der Waals surface area contributed by atoms with Gasteiger partial charge in [-0.1, -0.05) is 37.3 Å². The predicted molar refractivity (Wildman–Crippen MR) is 121 cm³/mol. The monoisotopic (exact) mass is 433 g/mol. The number of para-hydroxylation sites is 2. The van der Waals surface area contributed by atoms with Crippen molar-refractivity contribution in [3.05, 3.63) is 59.3 Å². The lowest BCUT2D eigenvalue weighted by molar-refractivity contribution is -0.158. The fourth-order valence-corrected chi connectivity index (χ4v) is 5.23. The number of carbonyl (C=O) groups is 2. The van der Waals surface area contributed by atoms with Crippen LogP contribution in [0.1, 0.15) is 36.2 Å². The van der Waals surface area contributed by atoms with E-state index in [1.807, 2.05) is 43.3 Å². The van der Waals surface area contributed by atoms with Gasteiger partial charge < -0.3 is 24.3 Å². The molecule has 2 amide bonds. The summed E-state index contributed by atoms with van der Waals surface area (Å²) < 4.78 is 11.3. The van der Waals surface area contributed by atoms with E-state index in [4.69, 9.17) is 9.47 Å². The highest BCUT2D eigenvalue weighted by Crippen LogP contribution is 2.46. The molecule has 0 spiro atoms. The molecule has 7 nitrogen and oxygen atoms in total. The second kappa shape index (κ2) is 7.89. The van der Waals surface area contributed by atoms with Gasteiger partial charge in [0.05, 0.1) is 20.8 Å². The van der Waals surface area contributed by atoms with Crippen LogP contribution in [-0.2, 0) is 16.0 Å². The summed E-state index contributed by atoms with van der Waals surface area (Å²) in [7, 11) is 3.19. The van der Waals surface area contributed by atoms with Crippen molar-refractivity contribution < 1.29 is 19.1 Å². The van der Waals surface area contributed by atoms with E-state index < -0.39 is 12.1 Å². The molecule has 0 radical (unpaired) electrons. The number of H-pyrrole nitrogens is 1. The molecule has 1 N–H and O–H groups in total. The first-order chi connectivity index (χ1) is 15.6. The van der Waals surface area contributed by atoms with Gasteiger partial charge in [-0.05, 0) is 24.1 Å². The number of carbonyl (C=O) groups excluding carboxylic acids is 2. The molecule has 32 heavy (non-hydrogen) atoms. The summed E-state index contributed by atoms with van der Waals surface area (Å²) in [5.74, 6) is 1.12. The third-order valence-electron chi connectivity index (χ3n) is 6.56. The van der Waals surface area contributed by atoms with Crippen LogP contribution in [0.2, 0.25) is 0 Å². The molecule has 0 aliphatic carbocycles. The molecule has 3 aromatic rings. The summed E-state index contributed by atoms with van der Waals surface area (Å²) >= 11 is 0. The average Bonchev–Trinajstić information content (AvgIpc) is 3.19. The number of fused-ring (bicyclic) bond motifs is 4. The number of hydrogen-bond donors (Lipinski definition) is 1. The zero-order chi connectivity index (χ0) is 22.4. The molecule has 1 fully saturated rings. The Balaban J connectivity index is 1.75. The fraction of sp³-hybridized carbons (Fsp3) is 0.360. The van der Waals surface area contributed by atoms with Gasteiger partial charge in [-0.2, -0.15) is 0 Å². The van der Waals surface area contributed by atoms with Gasteiger partial charge in [0.15, 0.2) is 11.5 Å². The molecular formula is C25H27N3O4. The molecule has 0 saturated carbocycles. The highest BCUT2D eigenvalue weighted by Gasteiger charge is 2.48. The van der Waals surface area contributed by atoms with Crippen LogP contribution in [0, 0.1) is 0 Å². The molecule has 2 atom stereocenters. The van der Waals surface area contributed by atoms with Crippen molar-refractivity contribution in [2.75, 3.05) is 27.3 Å². The number of ether oxygens (including phenoxy) is 2. The van der Waals surface area contributed by atoms with Crippen molar-refractivity contribution in [3.63, 3.8) is 0 Å². The minimum atomic E-state index is -0.546. The smallest absolute Gasteiger partial charge is 0.246 e. The predicted octanol–water partition coefficient (Wildman–Crippen LogP) is 3.28. The second-order valence-corrected chi connectivity index (χ2v) is 8.33. The molecule has 1 unspecified atom stereocenters. The van der Waals surface area contributed by atoms with E-state index >= 15 is 0 Å². The maximum atomic E-state index is 13.5. The van der Waals surface area contributed by atoms with E-state index in [0.29, 0.717) is 24.5 Å². The van der Waals surface area contributed by atoms with E-state index in [0.717, 1.165) is 34.1 Å². The van der Waals surface area contributed by atoms with Crippen LogP contribution in [0.15, 0.2) is 42.5 Å². The zero-order valence-electron chi connectivity index (χ0n) is 18.6. The van der Waals surface area contributed by atoms with Gasteiger partial charge in [0.25, 0.3) is 0 Å². The lowest BCUT2D eigenvalue weighted by Crippen LogP contribution is -2.63. The topological polar surface area (TPSA) is 74.9 Å². The van der Waals surface area contributed by atoms with Crippen molar-refractivity contribution in [1.82, 2.24) is 14.8 Å². The first kappa shape index (κ1) is 20.4. The third kappa shape index (κ3) is 2.95. The maximum absolute atomic E-state index is 13.5. The van der Waals surface area contributed by atoms with Crippen LogP contribution in [0.25, 0.3) is 10.9 Å². The maximum Gasteiger partial charge on any atom is 0.246 e. The van der Waals surface area contributed by atoms with Crippen LogP contribution in [0.4, 0.5) is 0 Å². The van der Waals surface area contributed by atoms with Crippen molar-refractivity contribution in [1.29, 1.82) is 0 Å². The second-order valence-electron chi connectivity index (χ2n) is 8.33. The lowest BCUT2D eigenvalue weighted by Gasteiger charge is -2.47. The molecule has 7 heteroatoms. The number of amides is 2. The molecule has 5 rings (SSSR count). The van der Waals surface area contributed by atoms with E-state index in [1.54, 1.807) is 24.0 Å². The van der Waals surface area contributed by atoms with Crippen LogP contribution in [0.3, 0.4) is 0 Å². The molecule has 166 valence electrons. The Morgan fingerprint density at radius 2 is 1.88 bits per heavy atom. The Labute approximate surface area is 186 Å². The quantitative estimate of drug-likeness (QED) is 0.670. The molecule has 0 bridgehead atoms. The minimum absolute atomic E-state index is 0.00856. The van der Waals surface area contributed by atoms with E-state index in [9.17, 15) is 9.59 Å². The Kier molecular flexibility index (Phi) is 5.04. The van der Waals surface area contributed by atoms with Crippen molar-refractivity contribution in [2.45, 2.75) is 31.8 Å². The molecular weight excluding hydrogens is 406 g/mol. The summed E-state index contributed by atoms with van der Waals surface area (Å²) in [5.41, 5.74) is 3.80. The van der Waals surface area contributed by atoms with Gasteiger partial charge in [0, 0.05) is 35.1 Å². The number of aromatic nitrogens is 1. The fourth-order valence-electron chi connectivity index (χ4n) is 5.23. The van der Waals surface area contributed by atoms with E-state index in [2.05, 4.69) is 11.1 Å². The van der Waals surface area contributed by atoms with Crippen LogP contribution < -0.4 is 9.47 Å². The molecule has 2 aliphatic heterocycles. The Bertz CT molecular complexity index is 1200. The summed E-state index contributed by atoms with van der Waals surface area (Å²) in [5, 5.41) is 1.09. The number of hydrogen-bond acceptors (Lipinski definition) is 4. The zero-order valence-corrected chi connectivity index (χ0v) is 18.6. The van der Waals surface area contributed by atoms with Crippen molar-refractivity contribution in [3.8, 4) is 11.5 Å². The van der Waals surface area contributed by atoms with Gasteiger partial charge in [-0.25, -0.2) is 0 Å². The summed E-state index contributed by atoms with van der Waals surface area (Å²) in [4.78, 5) is 33.9. The van der Waals surface area contributed by atoms with Crippen LogP contribution in [0.5, 0.6) is 11.5 Å². The minimum Gasteiger partial charge on any atom is -0.493 e. The molecule has 1 aromatic heterocycles. The third-order valence-corrected chi connectivity index (χ3v) is 6.56. The summed E-state index contributed by atoms with van der Waals surface area (Å²) in [6, 6.07) is 12.7. The largest absolute Gasteiger partial charge is 0.493 e. The van der Waals surface area contributed by atoms with Crippen LogP contribution >= 0.6 is 0 Å². The normalized spacial score (nSPS) is 20.3. The first-order valence-electron chi connectivity index (χ1n) is 11.0. The first-order valence-corrected chi connectivity index (χ1v) is 11.0. The lowest BCUT2D eigenvalue weighted by atomic mass is 9.85. The molecule has 2 aliphatic rings. The standard InChI is InChI=1S/C25H27N3O4/c1-4-12-27-14-21(29)28-19(25(27)30)13-17-15-8-5-6-10-18(15)26-22(17)23(28)16-9-7-11-20(31-2)24(16)32-3/h5-11,19,23,26H,4,12-14H2,1-3H3/t19-,23?/m0/s1. The number of benzene rings is 2. The van der Waals surface area contributed by atoms with Crippen molar-refractivity contribution >= 4 is 22.7 Å². The highest BCUT2D eigenvalue weighted by atomic mass is 16.5. The number of piperazine rings is 1. The number of nitrogens with one attached hydrogen (secondary N) is 1. The van der Waals surface area contributed by atoms with Crippen LogP contribution in [-0.4, -0.2) is 59.9 Å². The van der Waals surface area contributed by atoms with E-state index in [1.165, 1.54) is 0 Å². The van der Waals surface area contributed by atoms with Crippen molar-refractivity contribution in [2.24, 2.45) is 0 Å². The molecule has 3 heterocycles. The highest BCUT2D eigenvalue weighted by molar-refractivity contribution is 5.97. The van der Waals surface area contributed by atoms with Gasteiger partial charge in [0.1, 0.15) is 12.1 Å². The Hall–Kier alpha value is -3.48. The SMILES string of the molecule is CCCN1CC(=O)N2C(c3cccc(OC)c3OC)c3[nH]c4ccccc4c3C[C@H]2C1=O. The van der Waals surface area contributed by atoms with E-state index in [-0.39, 0.29) is 18.4 Å². The summed E-state index contributed by atoms with van der Waals surface area (Å²) in [6.45, 7) is 2.71. The number of aromatic amines is 1. The summed E-state index contributed by atoms with van der Waals surface area (Å²) in [6.07, 6.45) is 1.31. The molecule has 1 saturated heterocycles. The Morgan fingerprint density at radius 1 is 1.06 bits per heavy atom. The van der Waals surface area contributed by atoms with Gasteiger partial charge in [-0.15, -0.1) is 0 Å². The number of nitrogens with zero attached hydrogens (tertiary/aromatic N) is 2. The number of methoxy groups -OCH3 is 2.